The molecule has 1 aromatic carbocycles. The van der Waals surface area contributed by atoms with Crippen molar-refractivity contribution >= 4 is 39.4 Å². The first-order chi connectivity index (χ1) is 8.54. The molecule has 0 saturated carbocycles. The average molecular weight is 331 g/mol. The summed E-state index contributed by atoms with van der Waals surface area (Å²) in [4.78, 5) is 22.8. The number of amides is 1. The second kappa shape index (κ2) is 7.04. The molecule has 4 nitrogen and oxygen atoms in total. The van der Waals surface area contributed by atoms with E-state index in [1.807, 2.05) is 0 Å². The minimum atomic E-state index is -0.669. The van der Waals surface area contributed by atoms with Crippen molar-refractivity contribution in [3.8, 4) is 12.3 Å². The number of carbonyl (C=O) groups is 2. The highest BCUT2D eigenvalue weighted by Gasteiger charge is 2.13. The van der Waals surface area contributed by atoms with Gasteiger partial charge in [0.2, 0.25) is 0 Å². The number of rotatable bonds is 4. The number of ether oxygens (including phenoxy) is 1. The van der Waals surface area contributed by atoms with Crippen molar-refractivity contribution in [3.05, 3.63) is 33.3 Å². The molecule has 0 aliphatic rings. The Labute approximate surface area is 118 Å². The molecule has 0 heterocycles. The Morgan fingerprint density at radius 2 is 2.22 bits per heavy atom. The standard InChI is InChI=1S/C12H9BrClNO3/c1-2-5-15-11(16)7-18-12(17)9-6-8(13)3-4-10(9)14/h1,3-4,6H,5,7H2,(H,15,16). The van der Waals surface area contributed by atoms with E-state index in [2.05, 4.69) is 27.2 Å². The minimum Gasteiger partial charge on any atom is -0.452 e. The molecule has 18 heavy (non-hydrogen) atoms. The van der Waals surface area contributed by atoms with Gasteiger partial charge in [0.25, 0.3) is 5.91 Å². The van der Waals surface area contributed by atoms with Crippen LogP contribution >= 0.6 is 27.5 Å². The summed E-state index contributed by atoms with van der Waals surface area (Å²) in [7, 11) is 0. The molecule has 0 spiro atoms. The Kier molecular flexibility index (Phi) is 5.69. The van der Waals surface area contributed by atoms with Crippen LogP contribution in [0.25, 0.3) is 0 Å². The molecule has 6 heteroatoms. The van der Waals surface area contributed by atoms with E-state index < -0.39 is 18.5 Å². The quantitative estimate of drug-likeness (QED) is 0.679. The minimum absolute atomic E-state index is 0.0913. The van der Waals surface area contributed by atoms with E-state index in [4.69, 9.17) is 22.8 Å². The zero-order chi connectivity index (χ0) is 13.5. The van der Waals surface area contributed by atoms with Crippen LogP contribution in [0.4, 0.5) is 0 Å². The molecule has 0 aliphatic heterocycles. The van der Waals surface area contributed by atoms with Gasteiger partial charge in [-0.1, -0.05) is 33.5 Å². The predicted molar refractivity (Wildman–Crippen MR) is 71.3 cm³/mol. The van der Waals surface area contributed by atoms with Crippen LogP contribution in [-0.2, 0) is 9.53 Å². The van der Waals surface area contributed by atoms with Gasteiger partial charge in [-0.05, 0) is 18.2 Å². The lowest BCUT2D eigenvalue weighted by molar-refractivity contribution is -0.123. The summed E-state index contributed by atoms with van der Waals surface area (Å²) in [5.74, 6) is 1.10. The number of terminal acetylenes is 1. The molecule has 0 aromatic heterocycles. The van der Waals surface area contributed by atoms with Crippen LogP contribution in [0.2, 0.25) is 5.02 Å². The molecule has 1 N–H and O–H groups in total. The molecular formula is C12H9BrClNO3. The number of benzene rings is 1. The van der Waals surface area contributed by atoms with Crippen molar-refractivity contribution < 1.29 is 14.3 Å². The maximum Gasteiger partial charge on any atom is 0.340 e. The average Bonchev–Trinajstić information content (AvgIpc) is 2.36. The third-order valence-electron chi connectivity index (χ3n) is 1.87. The SMILES string of the molecule is C#CCNC(=O)COC(=O)c1cc(Br)ccc1Cl. The summed E-state index contributed by atoms with van der Waals surface area (Å²) in [6, 6.07) is 4.77. The molecule has 0 radical (unpaired) electrons. The molecule has 0 aliphatic carbocycles. The molecule has 0 bridgehead atoms. The lowest BCUT2D eigenvalue weighted by Gasteiger charge is -2.06. The van der Waals surface area contributed by atoms with Crippen LogP contribution in [0.5, 0.6) is 0 Å². The van der Waals surface area contributed by atoms with Crippen LogP contribution in [0.15, 0.2) is 22.7 Å². The van der Waals surface area contributed by atoms with Crippen molar-refractivity contribution in [2.75, 3.05) is 13.2 Å². The van der Waals surface area contributed by atoms with Crippen LogP contribution in [0, 0.1) is 12.3 Å². The number of nitrogens with one attached hydrogen (secondary N) is 1. The fourth-order valence-corrected chi connectivity index (χ4v) is 1.62. The van der Waals surface area contributed by atoms with Gasteiger partial charge < -0.3 is 10.1 Å². The van der Waals surface area contributed by atoms with Gasteiger partial charge in [-0.15, -0.1) is 6.42 Å². The largest absolute Gasteiger partial charge is 0.452 e. The molecule has 94 valence electrons. The summed E-state index contributed by atoms with van der Waals surface area (Å²) in [5, 5.41) is 2.63. The third kappa shape index (κ3) is 4.40. The lowest BCUT2D eigenvalue weighted by Crippen LogP contribution is -2.29. The molecule has 0 saturated heterocycles. The maximum absolute atomic E-state index is 11.6. The van der Waals surface area contributed by atoms with Gasteiger partial charge in [-0.3, -0.25) is 4.79 Å². The molecule has 0 atom stereocenters. The van der Waals surface area contributed by atoms with E-state index in [0.29, 0.717) is 4.47 Å². The first-order valence-electron chi connectivity index (χ1n) is 4.87. The smallest absolute Gasteiger partial charge is 0.340 e. The van der Waals surface area contributed by atoms with Crippen LogP contribution in [-0.4, -0.2) is 25.0 Å². The Hall–Kier alpha value is -1.51. The van der Waals surface area contributed by atoms with Crippen LogP contribution < -0.4 is 5.32 Å². The lowest BCUT2D eigenvalue weighted by atomic mass is 10.2. The van der Waals surface area contributed by atoms with Gasteiger partial charge in [-0.2, -0.15) is 0 Å². The molecule has 1 aromatic rings. The van der Waals surface area contributed by atoms with Gasteiger partial charge in [0.15, 0.2) is 6.61 Å². The molecular weight excluding hydrogens is 321 g/mol. The fraction of sp³-hybridized carbons (Fsp3) is 0.167. The maximum atomic E-state index is 11.6. The highest BCUT2D eigenvalue weighted by Crippen LogP contribution is 2.21. The Morgan fingerprint density at radius 1 is 1.50 bits per heavy atom. The summed E-state index contributed by atoms with van der Waals surface area (Å²) < 4.78 is 5.49. The predicted octanol–water partition coefficient (Wildman–Crippen LogP) is 2.01. The zero-order valence-electron chi connectivity index (χ0n) is 9.20. The van der Waals surface area contributed by atoms with Crippen molar-refractivity contribution in [2.24, 2.45) is 0 Å². The topological polar surface area (TPSA) is 55.4 Å². The monoisotopic (exact) mass is 329 g/mol. The molecule has 1 rings (SSSR count). The number of halogens is 2. The van der Waals surface area contributed by atoms with Gasteiger partial charge in [0.1, 0.15) is 0 Å². The number of hydrogen-bond donors (Lipinski definition) is 1. The van der Waals surface area contributed by atoms with Gasteiger partial charge in [0.05, 0.1) is 17.1 Å². The van der Waals surface area contributed by atoms with E-state index in [1.165, 1.54) is 6.07 Å². The Morgan fingerprint density at radius 3 is 2.89 bits per heavy atom. The highest BCUT2D eigenvalue weighted by molar-refractivity contribution is 9.10. The van der Waals surface area contributed by atoms with Crippen molar-refractivity contribution in [3.63, 3.8) is 0 Å². The second-order valence-electron chi connectivity index (χ2n) is 3.18. The summed E-state index contributed by atoms with van der Waals surface area (Å²) in [6.45, 7) is -0.308. The van der Waals surface area contributed by atoms with E-state index in [0.717, 1.165) is 0 Å². The number of hydrogen-bond acceptors (Lipinski definition) is 3. The van der Waals surface area contributed by atoms with E-state index in [1.54, 1.807) is 12.1 Å². The fourth-order valence-electron chi connectivity index (χ4n) is 1.06. The molecule has 0 unspecified atom stereocenters. The molecule has 0 fully saturated rings. The van der Waals surface area contributed by atoms with Gasteiger partial charge in [0, 0.05) is 4.47 Å². The van der Waals surface area contributed by atoms with Gasteiger partial charge >= 0.3 is 5.97 Å². The number of carbonyl (C=O) groups excluding carboxylic acids is 2. The van der Waals surface area contributed by atoms with E-state index in [-0.39, 0.29) is 17.1 Å². The van der Waals surface area contributed by atoms with Crippen LogP contribution in [0.1, 0.15) is 10.4 Å². The number of esters is 1. The summed E-state index contributed by atoms with van der Waals surface area (Å²) >= 11 is 9.05. The molecule has 1 amide bonds. The van der Waals surface area contributed by atoms with Crippen molar-refractivity contribution in [1.82, 2.24) is 5.32 Å². The first-order valence-corrected chi connectivity index (χ1v) is 6.04. The summed E-state index contributed by atoms with van der Waals surface area (Å²) in [6.07, 6.45) is 4.97. The normalized spacial score (nSPS) is 9.39. The Bertz CT molecular complexity index is 511. The summed E-state index contributed by atoms with van der Waals surface area (Å²) in [5.41, 5.74) is 0.191. The van der Waals surface area contributed by atoms with Gasteiger partial charge in [-0.25, -0.2) is 4.79 Å². The zero-order valence-corrected chi connectivity index (χ0v) is 11.5. The third-order valence-corrected chi connectivity index (χ3v) is 2.69. The van der Waals surface area contributed by atoms with E-state index >= 15 is 0 Å². The van der Waals surface area contributed by atoms with Crippen molar-refractivity contribution in [1.29, 1.82) is 0 Å². The van der Waals surface area contributed by atoms with E-state index in [9.17, 15) is 9.59 Å². The second-order valence-corrected chi connectivity index (χ2v) is 4.50. The Balaban J connectivity index is 2.58. The first kappa shape index (κ1) is 14.6. The van der Waals surface area contributed by atoms with Crippen molar-refractivity contribution in [2.45, 2.75) is 0 Å². The van der Waals surface area contributed by atoms with Crippen LogP contribution in [0.3, 0.4) is 0 Å². The highest BCUT2D eigenvalue weighted by atomic mass is 79.9.